The molecule has 4 rings (SSSR count). The highest BCUT2D eigenvalue weighted by atomic mass is 16.5. The average Bonchev–Trinajstić information content (AvgIpc) is 3.15. The largest absolute Gasteiger partial charge is 0.494 e. The Morgan fingerprint density at radius 1 is 0.490 bits per heavy atom. The monoisotopic (exact) mass is 659 g/mol. The Morgan fingerprint density at radius 3 is 1.37 bits per heavy atom. The van der Waals surface area contributed by atoms with Crippen LogP contribution in [-0.4, -0.2) is 23.2 Å². The van der Waals surface area contributed by atoms with Crippen molar-refractivity contribution in [3.63, 3.8) is 0 Å². The molecule has 0 saturated heterocycles. The molecule has 0 bridgehead atoms. The third kappa shape index (κ3) is 14.9. The van der Waals surface area contributed by atoms with Crippen LogP contribution in [0.5, 0.6) is 11.5 Å². The van der Waals surface area contributed by atoms with Gasteiger partial charge < -0.3 is 9.47 Å². The fourth-order valence-electron chi connectivity index (χ4n) is 6.10. The minimum absolute atomic E-state index is 0.678. The summed E-state index contributed by atoms with van der Waals surface area (Å²) in [4.78, 5) is 9.27. The van der Waals surface area contributed by atoms with Crippen LogP contribution < -0.4 is 9.47 Å². The number of nitrogens with zero attached hydrogens (tertiary/aromatic N) is 3. The van der Waals surface area contributed by atoms with E-state index in [4.69, 9.17) is 14.7 Å². The van der Waals surface area contributed by atoms with Crippen molar-refractivity contribution in [3.8, 4) is 40.1 Å². The summed E-state index contributed by atoms with van der Waals surface area (Å²) < 4.78 is 11.9. The van der Waals surface area contributed by atoms with Crippen LogP contribution >= 0.6 is 0 Å². The molecule has 0 unspecified atom stereocenters. The summed E-state index contributed by atoms with van der Waals surface area (Å²) in [6, 6.07) is 26.2. The summed E-state index contributed by atoms with van der Waals surface area (Å²) in [7, 11) is 0. The molecule has 5 heteroatoms. The Hall–Kier alpha value is -4.17. The van der Waals surface area contributed by atoms with E-state index in [1.54, 1.807) is 0 Å². The minimum atomic E-state index is 0.678. The Labute approximate surface area is 296 Å². The van der Waals surface area contributed by atoms with Crippen LogP contribution in [-0.2, 0) is 6.42 Å². The summed E-state index contributed by atoms with van der Waals surface area (Å²) in [6.07, 6.45) is 26.9. The van der Waals surface area contributed by atoms with E-state index < -0.39 is 0 Å². The molecule has 0 N–H and O–H groups in total. The number of ether oxygens (including phenoxy) is 2. The van der Waals surface area contributed by atoms with Gasteiger partial charge in [-0.15, -0.1) is 0 Å². The molecule has 0 saturated carbocycles. The Bertz CT molecular complexity index is 1460. The van der Waals surface area contributed by atoms with E-state index in [1.165, 1.54) is 102 Å². The van der Waals surface area contributed by atoms with Crippen molar-refractivity contribution >= 4 is 0 Å². The molecule has 0 aliphatic heterocycles. The number of nitriles is 1. The smallest absolute Gasteiger partial charge is 0.159 e. The predicted octanol–water partition coefficient (Wildman–Crippen LogP) is 12.3. The first-order valence-electron chi connectivity index (χ1n) is 19.0. The van der Waals surface area contributed by atoms with Crippen molar-refractivity contribution in [1.82, 2.24) is 9.97 Å². The topological polar surface area (TPSA) is 68.0 Å². The number of aryl methyl sites for hydroxylation is 1. The van der Waals surface area contributed by atoms with Crippen LogP contribution in [0.3, 0.4) is 0 Å². The molecule has 1 aromatic heterocycles. The van der Waals surface area contributed by atoms with Gasteiger partial charge in [-0.25, -0.2) is 9.97 Å². The molecule has 3 aromatic carbocycles. The zero-order valence-corrected chi connectivity index (χ0v) is 29.9. The molecule has 0 spiro atoms. The molecular formula is C44H57N3O2. The van der Waals surface area contributed by atoms with Gasteiger partial charge in [0.2, 0.25) is 0 Å². The van der Waals surface area contributed by atoms with Crippen molar-refractivity contribution < 1.29 is 9.47 Å². The minimum Gasteiger partial charge on any atom is -0.494 e. The molecule has 0 fully saturated rings. The fraction of sp³-hybridized carbons (Fsp3) is 0.477. The Balaban J connectivity index is 0.972. The molecule has 0 aliphatic carbocycles. The second-order valence-corrected chi connectivity index (χ2v) is 13.3. The molecule has 260 valence electrons. The van der Waals surface area contributed by atoms with Gasteiger partial charge in [-0.1, -0.05) is 121 Å². The molecule has 4 aromatic rings. The van der Waals surface area contributed by atoms with Crippen LogP contribution in [0.1, 0.15) is 127 Å². The predicted molar refractivity (Wildman–Crippen MR) is 203 cm³/mol. The van der Waals surface area contributed by atoms with E-state index in [9.17, 15) is 0 Å². The molecule has 0 amide bonds. The molecule has 1 heterocycles. The molecule has 0 radical (unpaired) electrons. The quantitative estimate of drug-likeness (QED) is 0.0662. The lowest BCUT2D eigenvalue weighted by Gasteiger charge is -2.08. The van der Waals surface area contributed by atoms with E-state index in [0.717, 1.165) is 66.5 Å². The summed E-state index contributed by atoms with van der Waals surface area (Å²) in [5.41, 5.74) is 5.17. The molecule has 0 atom stereocenters. The van der Waals surface area contributed by atoms with Gasteiger partial charge in [0, 0.05) is 18.0 Å². The number of unbranched alkanes of at least 4 members (excludes halogenated alkanes) is 15. The normalized spacial score (nSPS) is 10.9. The lowest BCUT2D eigenvalue weighted by atomic mass is 10.0. The van der Waals surface area contributed by atoms with E-state index in [0.29, 0.717) is 5.56 Å². The van der Waals surface area contributed by atoms with Gasteiger partial charge in [-0.3, -0.25) is 0 Å². The number of benzene rings is 3. The van der Waals surface area contributed by atoms with Gasteiger partial charge >= 0.3 is 0 Å². The van der Waals surface area contributed by atoms with Crippen molar-refractivity contribution in [2.75, 3.05) is 13.2 Å². The first-order valence-corrected chi connectivity index (χ1v) is 19.0. The maximum atomic E-state index is 8.97. The van der Waals surface area contributed by atoms with Crippen LogP contribution in [0, 0.1) is 11.3 Å². The SMILES string of the molecule is CCCCCCCCCCCCc1cnc(-c2ccc(OCCCCCCCCCOc3ccc(-c4ccc(C#N)cc4)cc3)cc2)nc1. The second-order valence-electron chi connectivity index (χ2n) is 13.3. The van der Waals surface area contributed by atoms with Gasteiger partial charge in [0.15, 0.2) is 5.82 Å². The lowest BCUT2D eigenvalue weighted by Crippen LogP contribution is -1.98. The van der Waals surface area contributed by atoms with E-state index >= 15 is 0 Å². The van der Waals surface area contributed by atoms with E-state index in [1.807, 2.05) is 60.9 Å². The zero-order valence-electron chi connectivity index (χ0n) is 29.9. The standard InChI is InChI=1S/C44H57N3O2/c1-2-3-4-5-6-7-8-10-13-16-19-38-35-46-44(47-36-38)41-26-30-43(31-27-41)49-33-18-15-12-9-11-14-17-32-48-42-28-24-40(25-29-42)39-22-20-37(34-45)21-23-39/h20-31,35-36H,2-19,32-33H2,1H3. The Kier molecular flexibility index (Phi) is 17.8. The first kappa shape index (κ1) is 37.6. The lowest BCUT2D eigenvalue weighted by molar-refractivity contribution is 0.300. The third-order valence-electron chi connectivity index (χ3n) is 9.16. The number of rotatable bonds is 25. The van der Waals surface area contributed by atoms with Gasteiger partial charge in [0.1, 0.15) is 11.5 Å². The number of hydrogen-bond acceptors (Lipinski definition) is 5. The van der Waals surface area contributed by atoms with Gasteiger partial charge in [0.25, 0.3) is 0 Å². The van der Waals surface area contributed by atoms with Crippen molar-refractivity contribution in [2.45, 2.75) is 122 Å². The molecule has 5 nitrogen and oxygen atoms in total. The molecule has 49 heavy (non-hydrogen) atoms. The van der Waals surface area contributed by atoms with Gasteiger partial charge in [-0.05, 0) is 90.9 Å². The van der Waals surface area contributed by atoms with Crippen LogP contribution in [0.2, 0.25) is 0 Å². The number of hydrogen-bond donors (Lipinski definition) is 0. The number of aromatic nitrogens is 2. The Morgan fingerprint density at radius 2 is 0.898 bits per heavy atom. The highest BCUT2D eigenvalue weighted by molar-refractivity contribution is 5.65. The summed E-state index contributed by atoms with van der Waals surface area (Å²) >= 11 is 0. The zero-order chi connectivity index (χ0) is 34.2. The molecular weight excluding hydrogens is 603 g/mol. The van der Waals surface area contributed by atoms with Crippen molar-refractivity contribution in [3.05, 3.63) is 96.3 Å². The van der Waals surface area contributed by atoms with Crippen LogP contribution in [0.15, 0.2) is 85.2 Å². The fourth-order valence-corrected chi connectivity index (χ4v) is 6.10. The highest BCUT2D eigenvalue weighted by Crippen LogP contribution is 2.24. The van der Waals surface area contributed by atoms with Crippen molar-refractivity contribution in [2.24, 2.45) is 0 Å². The first-order chi connectivity index (χ1) is 24.2. The van der Waals surface area contributed by atoms with Gasteiger partial charge in [-0.2, -0.15) is 5.26 Å². The average molecular weight is 660 g/mol. The van der Waals surface area contributed by atoms with Gasteiger partial charge in [0.05, 0.1) is 24.8 Å². The van der Waals surface area contributed by atoms with Crippen LogP contribution in [0.4, 0.5) is 0 Å². The van der Waals surface area contributed by atoms with Crippen molar-refractivity contribution in [1.29, 1.82) is 5.26 Å². The summed E-state index contributed by atoms with van der Waals surface area (Å²) in [5, 5.41) is 8.97. The van der Waals surface area contributed by atoms with E-state index in [2.05, 4.69) is 47.2 Å². The van der Waals surface area contributed by atoms with Crippen LogP contribution in [0.25, 0.3) is 22.5 Å². The summed E-state index contributed by atoms with van der Waals surface area (Å²) in [6.45, 7) is 3.78. The van der Waals surface area contributed by atoms with E-state index in [-0.39, 0.29) is 0 Å². The maximum absolute atomic E-state index is 8.97. The third-order valence-corrected chi connectivity index (χ3v) is 9.16. The molecule has 0 aliphatic rings. The highest BCUT2D eigenvalue weighted by Gasteiger charge is 2.04. The maximum Gasteiger partial charge on any atom is 0.159 e. The summed E-state index contributed by atoms with van der Waals surface area (Å²) in [5.74, 6) is 2.59. The second kappa shape index (κ2) is 23.2.